The number of halogens is 2. The lowest BCUT2D eigenvalue weighted by Crippen LogP contribution is -2.45. The number of amides is 1. The second-order valence-electron chi connectivity index (χ2n) is 9.51. The van der Waals surface area contributed by atoms with Crippen molar-refractivity contribution < 1.29 is 33.7 Å². The van der Waals surface area contributed by atoms with E-state index < -0.39 is 23.9 Å². The zero-order valence-electron chi connectivity index (χ0n) is 24.1. The molecule has 0 saturated carbocycles. The third-order valence-electron chi connectivity index (χ3n) is 6.36. The van der Waals surface area contributed by atoms with E-state index in [1.54, 1.807) is 56.3 Å². The lowest BCUT2D eigenvalue weighted by Gasteiger charge is -2.30. The highest BCUT2D eigenvalue weighted by Gasteiger charge is 2.32. The van der Waals surface area contributed by atoms with Crippen molar-refractivity contribution in [3.8, 4) is 11.5 Å². The fourth-order valence-corrected chi connectivity index (χ4v) is 6.34. The number of carbonyl (C=O) groups excluding carboxylic acids is 2. The summed E-state index contributed by atoms with van der Waals surface area (Å²) >= 11 is 11.0. The molecule has 0 unspecified atom stereocenters. The van der Waals surface area contributed by atoms with Gasteiger partial charge in [0.1, 0.15) is 18.1 Å². The van der Waals surface area contributed by atoms with Gasteiger partial charge >= 0.3 is 11.9 Å². The summed E-state index contributed by atoms with van der Waals surface area (Å²) in [5.74, 6) is -0.959. The Morgan fingerprint density at radius 1 is 1.13 bits per heavy atom. The predicted octanol–water partition coefficient (Wildman–Crippen LogP) is 5.22. The van der Waals surface area contributed by atoms with Gasteiger partial charge in [-0.2, -0.15) is 5.10 Å². The molecule has 4 N–H and O–H groups in total. The van der Waals surface area contributed by atoms with Crippen LogP contribution in [0, 0.1) is 3.57 Å². The maximum absolute atomic E-state index is 12.7. The Labute approximate surface area is 286 Å². The minimum Gasteiger partial charge on any atom is -0.487 e. The summed E-state index contributed by atoms with van der Waals surface area (Å²) in [4.78, 5) is 36.4. The minimum absolute atomic E-state index is 0.207. The van der Waals surface area contributed by atoms with Crippen LogP contribution in [0.4, 0.5) is 0 Å². The van der Waals surface area contributed by atoms with Crippen LogP contribution in [0.1, 0.15) is 46.9 Å². The van der Waals surface area contributed by atoms with Gasteiger partial charge in [0.25, 0.3) is 5.91 Å². The van der Waals surface area contributed by atoms with Gasteiger partial charge in [-0.3, -0.25) is 4.79 Å². The average molecular weight is 807 g/mol. The molecule has 45 heavy (non-hydrogen) atoms. The first-order chi connectivity index (χ1) is 21.6. The highest BCUT2D eigenvalue weighted by atomic mass is 127. The van der Waals surface area contributed by atoms with Crippen molar-refractivity contribution in [3.63, 3.8) is 0 Å². The fraction of sp³-hybridized carbons (Fsp3) is 0.194. The number of allylic oxidation sites excluding steroid dienone is 1. The minimum atomic E-state index is -0.986. The molecule has 1 aliphatic heterocycles. The van der Waals surface area contributed by atoms with Crippen LogP contribution in [0.2, 0.25) is 0 Å². The Bertz CT molecular complexity index is 1660. The number of hydrazone groups is 1. The van der Waals surface area contributed by atoms with Crippen LogP contribution in [0.25, 0.3) is 0 Å². The Hall–Kier alpha value is -4.02. The number of hydrogen-bond donors (Lipinski definition) is 4. The predicted molar refractivity (Wildman–Crippen MR) is 183 cm³/mol. The summed E-state index contributed by atoms with van der Waals surface area (Å²) in [5, 5.41) is 19.5. The van der Waals surface area contributed by atoms with Gasteiger partial charge in [-0.15, -0.1) is 0 Å². The normalized spacial score (nSPS) is 14.4. The molecule has 1 amide bonds. The first kappa shape index (κ1) is 33.9. The Morgan fingerprint density at radius 3 is 2.56 bits per heavy atom. The maximum atomic E-state index is 12.7. The first-order valence-electron chi connectivity index (χ1n) is 13.5. The number of thiocarbonyl (C=S) groups is 1. The molecular formula is C31H28BrIN4O7S. The van der Waals surface area contributed by atoms with E-state index in [9.17, 15) is 14.4 Å². The van der Waals surface area contributed by atoms with Crippen LogP contribution < -0.4 is 25.5 Å². The van der Waals surface area contributed by atoms with Crippen LogP contribution in [0.5, 0.6) is 11.5 Å². The number of ether oxygens (including phenoxy) is 3. The molecule has 3 aromatic rings. The molecule has 0 aromatic heterocycles. The molecule has 0 bridgehead atoms. The van der Waals surface area contributed by atoms with Crippen molar-refractivity contribution in [1.29, 1.82) is 0 Å². The van der Waals surface area contributed by atoms with Crippen molar-refractivity contribution in [2.75, 3.05) is 13.2 Å². The number of carboxylic acids is 1. The Balaban J connectivity index is 1.36. The van der Waals surface area contributed by atoms with E-state index in [4.69, 9.17) is 31.5 Å². The van der Waals surface area contributed by atoms with Gasteiger partial charge in [-0.1, -0.05) is 30.3 Å². The SMILES string of the molecule is CCOC(=O)C1=C(C)NC(=S)N[C@H]1c1ccccc1OCC(=O)NN=Cc1cc(Br)c(OCc2ccc(C(=O)O)cc2)c(I)c1. The third-order valence-corrected chi connectivity index (χ3v) is 7.97. The largest absolute Gasteiger partial charge is 0.487 e. The molecule has 4 rings (SSSR count). The molecule has 0 saturated heterocycles. The van der Waals surface area contributed by atoms with Crippen LogP contribution >= 0.6 is 50.7 Å². The Kier molecular flexibility index (Phi) is 11.9. The van der Waals surface area contributed by atoms with Crippen molar-refractivity contribution >= 4 is 79.9 Å². The Morgan fingerprint density at radius 2 is 1.87 bits per heavy atom. The quantitative estimate of drug-likeness (QED) is 0.0632. The number of benzene rings is 3. The summed E-state index contributed by atoms with van der Waals surface area (Å²) in [6.07, 6.45) is 1.49. The van der Waals surface area contributed by atoms with Gasteiger partial charge < -0.3 is 30.0 Å². The summed E-state index contributed by atoms with van der Waals surface area (Å²) in [6.45, 7) is 3.61. The number of nitrogens with zero attached hydrogens (tertiary/aromatic N) is 1. The van der Waals surface area contributed by atoms with E-state index in [1.165, 1.54) is 18.3 Å². The van der Waals surface area contributed by atoms with Gasteiger partial charge in [-0.05, 0) is 106 Å². The fourth-order valence-electron chi connectivity index (χ4n) is 4.30. The monoisotopic (exact) mass is 806 g/mol. The first-order valence-corrected chi connectivity index (χ1v) is 15.8. The number of para-hydroxylation sites is 1. The van der Waals surface area contributed by atoms with Crippen LogP contribution in [0.3, 0.4) is 0 Å². The molecule has 234 valence electrons. The summed E-state index contributed by atoms with van der Waals surface area (Å²) in [7, 11) is 0. The molecule has 11 nitrogen and oxygen atoms in total. The smallest absolute Gasteiger partial charge is 0.338 e. The molecule has 0 spiro atoms. The number of rotatable bonds is 12. The van der Waals surface area contributed by atoms with E-state index in [0.717, 1.165) is 9.13 Å². The molecule has 3 aromatic carbocycles. The third kappa shape index (κ3) is 9.02. The second-order valence-corrected chi connectivity index (χ2v) is 11.9. The van der Waals surface area contributed by atoms with E-state index in [0.29, 0.717) is 43.5 Å². The number of carbonyl (C=O) groups is 3. The number of carboxylic acid groups (broad SMARTS) is 1. The van der Waals surface area contributed by atoms with Crippen molar-refractivity contribution in [2.45, 2.75) is 26.5 Å². The molecule has 1 aliphatic rings. The lowest BCUT2D eigenvalue weighted by atomic mass is 9.95. The van der Waals surface area contributed by atoms with Crippen LogP contribution in [-0.4, -0.2) is 47.5 Å². The molecule has 1 heterocycles. The van der Waals surface area contributed by atoms with Crippen molar-refractivity contribution in [1.82, 2.24) is 16.1 Å². The lowest BCUT2D eigenvalue weighted by molar-refractivity contribution is -0.139. The molecule has 0 fully saturated rings. The molecule has 1 atom stereocenters. The maximum Gasteiger partial charge on any atom is 0.338 e. The molecule has 14 heteroatoms. The molecule has 0 aliphatic carbocycles. The van der Waals surface area contributed by atoms with Crippen LogP contribution in [0.15, 0.2) is 81.5 Å². The van der Waals surface area contributed by atoms with Gasteiger partial charge in [-0.25, -0.2) is 15.0 Å². The van der Waals surface area contributed by atoms with E-state index >= 15 is 0 Å². The van der Waals surface area contributed by atoms with Crippen molar-refractivity contribution in [2.24, 2.45) is 5.10 Å². The molecular weight excluding hydrogens is 779 g/mol. The topological polar surface area (TPSA) is 148 Å². The highest BCUT2D eigenvalue weighted by molar-refractivity contribution is 14.1. The number of nitrogens with one attached hydrogen (secondary N) is 3. The zero-order valence-corrected chi connectivity index (χ0v) is 28.6. The molecule has 0 radical (unpaired) electrons. The number of aromatic carboxylic acids is 1. The van der Waals surface area contributed by atoms with Crippen molar-refractivity contribution in [3.05, 3.63) is 102 Å². The summed E-state index contributed by atoms with van der Waals surface area (Å²) < 4.78 is 18.5. The highest BCUT2D eigenvalue weighted by Crippen LogP contribution is 2.34. The van der Waals surface area contributed by atoms with Gasteiger partial charge in [0, 0.05) is 11.3 Å². The van der Waals surface area contributed by atoms with Gasteiger partial charge in [0.05, 0.1) is 38.0 Å². The van der Waals surface area contributed by atoms with E-state index in [-0.39, 0.29) is 25.4 Å². The zero-order chi connectivity index (χ0) is 32.5. The average Bonchev–Trinajstić information content (AvgIpc) is 2.99. The van der Waals surface area contributed by atoms with Gasteiger partial charge in [0.2, 0.25) is 0 Å². The summed E-state index contributed by atoms with van der Waals surface area (Å²) in [6, 6.07) is 16.5. The van der Waals surface area contributed by atoms with Gasteiger partial charge in [0.15, 0.2) is 11.7 Å². The number of esters is 1. The second kappa shape index (κ2) is 15.8. The van der Waals surface area contributed by atoms with E-state index in [2.05, 4.69) is 59.7 Å². The summed E-state index contributed by atoms with van der Waals surface area (Å²) in [5.41, 5.74) is 5.73. The van der Waals surface area contributed by atoms with Crippen LogP contribution in [-0.2, 0) is 20.9 Å². The van der Waals surface area contributed by atoms with E-state index in [1.807, 2.05) is 6.07 Å². The number of hydrogen-bond acceptors (Lipinski definition) is 8. The standard InChI is InChI=1S/C31H28BrIN4O7S/c1-3-42-30(41)26-17(2)35-31(45)36-27(26)21-6-4-5-7-24(21)43-16-25(38)37-34-14-19-12-22(32)28(23(33)13-19)44-15-18-8-10-20(11-9-18)29(39)40/h4-14,27H,3,15-16H2,1-2H3,(H,37,38)(H,39,40)(H2,35,36,45)/t27-/m0/s1.